The summed E-state index contributed by atoms with van der Waals surface area (Å²) in [7, 11) is 0. The lowest BCUT2D eigenvalue weighted by Crippen LogP contribution is -2.48. The fourth-order valence-corrected chi connectivity index (χ4v) is 5.20. The summed E-state index contributed by atoms with van der Waals surface area (Å²) in [6, 6.07) is 17.4. The molecule has 0 unspecified atom stereocenters. The third-order valence-electron chi connectivity index (χ3n) is 5.72. The third-order valence-corrected chi connectivity index (χ3v) is 7.50. The maximum atomic E-state index is 12.5. The van der Waals surface area contributed by atoms with Crippen molar-refractivity contribution in [2.75, 3.05) is 31.1 Å². The lowest BCUT2D eigenvalue weighted by atomic mass is 10.1. The third kappa shape index (κ3) is 4.69. The van der Waals surface area contributed by atoms with E-state index in [1.54, 1.807) is 18.2 Å². The first kappa shape index (κ1) is 22.1. The number of halogens is 2. The van der Waals surface area contributed by atoms with Gasteiger partial charge in [0.1, 0.15) is 11.5 Å². The molecule has 0 bridgehead atoms. The fraction of sp³-hybridized carbons (Fsp3) is 0.200. The Morgan fingerprint density at radius 1 is 0.970 bits per heavy atom. The molecule has 168 valence electrons. The smallest absolute Gasteiger partial charge is 0.286 e. The van der Waals surface area contributed by atoms with E-state index in [-0.39, 0.29) is 5.91 Å². The summed E-state index contributed by atoms with van der Waals surface area (Å²) in [5.74, 6) is 1.01. The number of rotatable bonds is 3. The zero-order valence-corrected chi connectivity index (χ0v) is 20.3. The van der Waals surface area contributed by atoms with Crippen LogP contribution in [0.2, 0.25) is 10.0 Å². The number of piperazine rings is 1. The highest BCUT2D eigenvalue weighted by molar-refractivity contribution is 8.18. The minimum atomic E-state index is -0.233. The van der Waals surface area contributed by atoms with Crippen LogP contribution >= 0.6 is 35.0 Å². The van der Waals surface area contributed by atoms with Crippen molar-refractivity contribution in [3.8, 4) is 11.3 Å². The number of para-hydroxylation sites is 1. The van der Waals surface area contributed by atoms with Crippen molar-refractivity contribution in [2.24, 2.45) is 4.99 Å². The van der Waals surface area contributed by atoms with Gasteiger partial charge >= 0.3 is 0 Å². The predicted octanol–water partition coefficient (Wildman–Crippen LogP) is 6.35. The summed E-state index contributed by atoms with van der Waals surface area (Å²) < 4.78 is 5.91. The van der Waals surface area contributed by atoms with Gasteiger partial charge in [-0.1, -0.05) is 41.4 Å². The van der Waals surface area contributed by atoms with E-state index in [1.807, 2.05) is 18.2 Å². The number of furan rings is 1. The monoisotopic (exact) mass is 497 g/mol. The largest absolute Gasteiger partial charge is 0.457 e. The molecule has 33 heavy (non-hydrogen) atoms. The number of amides is 1. The molecule has 0 N–H and O–H groups in total. The fourth-order valence-electron chi connectivity index (χ4n) is 3.95. The molecule has 1 fully saturated rings. The topological polar surface area (TPSA) is 49.0 Å². The van der Waals surface area contributed by atoms with Crippen LogP contribution in [-0.2, 0) is 4.79 Å². The van der Waals surface area contributed by atoms with Gasteiger partial charge in [0.05, 0.1) is 15.0 Å². The molecule has 1 saturated heterocycles. The minimum absolute atomic E-state index is 0.233. The zero-order valence-electron chi connectivity index (χ0n) is 17.9. The Balaban J connectivity index is 1.24. The van der Waals surface area contributed by atoms with Crippen LogP contribution in [0.5, 0.6) is 0 Å². The summed E-state index contributed by atoms with van der Waals surface area (Å²) in [5, 5.41) is 1.71. The molecule has 2 aromatic carbocycles. The molecule has 0 aliphatic carbocycles. The summed E-state index contributed by atoms with van der Waals surface area (Å²) in [6.45, 7) is 5.56. The highest BCUT2D eigenvalue weighted by Crippen LogP contribution is 2.34. The highest BCUT2D eigenvalue weighted by atomic mass is 35.5. The van der Waals surface area contributed by atoms with Gasteiger partial charge in [-0.25, -0.2) is 0 Å². The SMILES string of the molecule is Cc1ccccc1N1CCN(C2=NC(=O)C(=Cc3ccc(-c4ccc(Cl)c(Cl)c4)o3)S2)CC1. The van der Waals surface area contributed by atoms with Gasteiger partial charge in [-0.05, 0) is 60.6 Å². The molecule has 1 amide bonds. The summed E-state index contributed by atoms with van der Waals surface area (Å²) in [6.07, 6.45) is 1.74. The average molecular weight is 498 g/mol. The summed E-state index contributed by atoms with van der Waals surface area (Å²) in [5.41, 5.74) is 3.37. The van der Waals surface area contributed by atoms with Gasteiger partial charge in [0.2, 0.25) is 0 Å². The van der Waals surface area contributed by atoms with Gasteiger partial charge < -0.3 is 14.2 Å². The van der Waals surface area contributed by atoms with Crippen molar-refractivity contribution in [1.82, 2.24) is 4.90 Å². The zero-order chi connectivity index (χ0) is 22.9. The van der Waals surface area contributed by atoms with Gasteiger partial charge in [-0.15, -0.1) is 0 Å². The van der Waals surface area contributed by atoms with Gasteiger partial charge in [0.15, 0.2) is 5.17 Å². The number of aliphatic imine (C=N–C) groups is 1. The van der Waals surface area contributed by atoms with E-state index in [2.05, 4.69) is 46.0 Å². The normalized spacial score (nSPS) is 17.7. The molecule has 0 saturated carbocycles. The number of aryl methyl sites for hydroxylation is 1. The van der Waals surface area contributed by atoms with E-state index in [0.717, 1.165) is 36.9 Å². The molecule has 3 aromatic rings. The molecular weight excluding hydrogens is 477 g/mol. The van der Waals surface area contributed by atoms with Crippen molar-refractivity contribution in [2.45, 2.75) is 6.92 Å². The Morgan fingerprint density at radius 3 is 2.48 bits per heavy atom. The van der Waals surface area contributed by atoms with Crippen molar-refractivity contribution in [3.05, 3.63) is 80.9 Å². The molecule has 5 nitrogen and oxygen atoms in total. The molecule has 1 aromatic heterocycles. The Hall–Kier alpha value is -2.67. The Kier molecular flexibility index (Phi) is 6.23. The second kappa shape index (κ2) is 9.29. The van der Waals surface area contributed by atoms with E-state index >= 15 is 0 Å². The van der Waals surface area contributed by atoms with Gasteiger partial charge in [-0.2, -0.15) is 4.99 Å². The molecule has 8 heteroatoms. The number of hydrogen-bond acceptors (Lipinski definition) is 5. The van der Waals surface area contributed by atoms with E-state index in [4.69, 9.17) is 27.6 Å². The van der Waals surface area contributed by atoms with Crippen LogP contribution in [0.4, 0.5) is 5.69 Å². The highest BCUT2D eigenvalue weighted by Gasteiger charge is 2.29. The maximum Gasteiger partial charge on any atom is 0.286 e. The second-order valence-electron chi connectivity index (χ2n) is 7.90. The lowest BCUT2D eigenvalue weighted by molar-refractivity contribution is -0.113. The van der Waals surface area contributed by atoms with Crippen LogP contribution in [0, 0.1) is 6.92 Å². The standard InChI is InChI=1S/C25H21Cl2N3O2S/c1-16-4-2-3-5-21(16)29-10-12-30(13-11-29)25-28-24(31)23(33-25)15-18-7-9-22(32-18)17-6-8-19(26)20(27)14-17/h2-9,14-15H,10-13H2,1H3. The van der Waals surface area contributed by atoms with Crippen molar-refractivity contribution in [1.29, 1.82) is 0 Å². The first-order valence-electron chi connectivity index (χ1n) is 10.6. The number of nitrogens with zero attached hydrogens (tertiary/aromatic N) is 3. The van der Waals surface area contributed by atoms with E-state index in [1.165, 1.54) is 23.0 Å². The number of carbonyl (C=O) groups is 1. The maximum absolute atomic E-state index is 12.5. The lowest BCUT2D eigenvalue weighted by Gasteiger charge is -2.37. The first-order valence-corrected chi connectivity index (χ1v) is 12.2. The van der Waals surface area contributed by atoms with Crippen LogP contribution in [0.1, 0.15) is 11.3 Å². The minimum Gasteiger partial charge on any atom is -0.457 e. The van der Waals surface area contributed by atoms with Crippen LogP contribution in [0.3, 0.4) is 0 Å². The Labute approximate surface area is 206 Å². The van der Waals surface area contributed by atoms with Gasteiger partial charge in [-0.3, -0.25) is 4.79 Å². The van der Waals surface area contributed by atoms with Crippen LogP contribution in [0.15, 0.2) is 68.9 Å². The molecule has 2 aliphatic heterocycles. The number of carbonyl (C=O) groups excluding carboxylic acids is 1. The van der Waals surface area contributed by atoms with Crippen LogP contribution < -0.4 is 4.90 Å². The van der Waals surface area contributed by atoms with Gasteiger partial charge in [0.25, 0.3) is 5.91 Å². The molecule has 2 aliphatic rings. The summed E-state index contributed by atoms with van der Waals surface area (Å²) >= 11 is 13.5. The van der Waals surface area contributed by atoms with E-state index in [0.29, 0.717) is 26.5 Å². The second-order valence-corrected chi connectivity index (χ2v) is 9.73. The molecule has 0 radical (unpaired) electrons. The van der Waals surface area contributed by atoms with Crippen molar-refractivity contribution < 1.29 is 9.21 Å². The molecule has 0 atom stereocenters. The van der Waals surface area contributed by atoms with Gasteiger partial charge in [0, 0.05) is 43.5 Å². The quantitative estimate of drug-likeness (QED) is 0.394. The van der Waals surface area contributed by atoms with Crippen LogP contribution in [-0.4, -0.2) is 42.2 Å². The average Bonchev–Trinajstić information content (AvgIpc) is 3.43. The molecular formula is C25H21Cl2N3O2S. The van der Waals surface area contributed by atoms with Crippen molar-refractivity contribution in [3.63, 3.8) is 0 Å². The van der Waals surface area contributed by atoms with Crippen molar-refractivity contribution >= 4 is 57.8 Å². The Morgan fingerprint density at radius 2 is 1.73 bits per heavy atom. The summed E-state index contributed by atoms with van der Waals surface area (Å²) in [4.78, 5) is 22.0. The first-order chi connectivity index (χ1) is 16.0. The molecule has 5 rings (SSSR count). The number of thioether (sulfide) groups is 1. The predicted molar refractivity (Wildman–Crippen MR) is 137 cm³/mol. The van der Waals surface area contributed by atoms with Crippen LogP contribution in [0.25, 0.3) is 17.4 Å². The molecule has 0 spiro atoms. The Bertz CT molecular complexity index is 1280. The molecule has 3 heterocycles. The number of anilines is 1. The number of amidine groups is 1. The van der Waals surface area contributed by atoms with E-state index in [9.17, 15) is 4.79 Å². The van der Waals surface area contributed by atoms with E-state index < -0.39 is 0 Å². The number of hydrogen-bond donors (Lipinski definition) is 0. The number of benzene rings is 2.